The smallest absolute Gasteiger partial charge is 0.330 e. The first-order chi connectivity index (χ1) is 8.01. The van der Waals surface area contributed by atoms with E-state index in [0.717, 1.165) is 11.8 Å². The van der Waals surface area contributed by atoms with Gasteiger partial charge in [-0.15, -0.1) is 0 Å². The molecule has 0 heterocycles. The molecule has 0 saturated heterocycles. The summed E-state index contributed by atoms with van der Waals surface area (Å²) >= 11 is 1.61. The Hall–Kier alpha value is -1.01. The molecule has 0 aromatic heterocycles. The molecule has 0 amide bonds. The van der Waals surface area contributed by atoms with Crippen LogP contribution in [0.2, 0.25) is 0 Å². The van der Waals surface area contributed by atoms with Gasteiger partial charge < -0.3 is 15.2 Å². The highest BCUT2D eigenvalue weighted by molar-refractivity contribution is 7.98. The van der Waals surface area contributed by atoms with Gasteiger partial charge in [-0.25, -0.2) is 4.79 Å². The van der Waals surface area contributed by atoms with Crippen LogP contribution in [0.25, 0.3) is 0 Å². The second-order valence-electron chi connectivity index (χ2n) is 3.47. The van der Waals surface area contributed by atoms with E-state index in [0.29, 0.717) is 6.42 Å². The average molecular weight is 261 g/mol. The van der Waals surface area contributed by atoms with E-state index < -0.39 is 24.1 Å². The molecule has 0 aliphatic heterocycles. The van der Waals surface area contributed by atoms with Gasteiger partial charge in [-0.1, -0.05) is 6.58 Å². The Labute approximate surface area is 106 Å². The lowest BCUT2D eigenvalue weighted by Gasteiger charge is -2.14. The first-order valence-electron chi connectivity index (χ1n) is 5.25. The minimum absolute atomic E-state index is 0.00534. The third-order valence-corrected chi connectivity index (χ3v) is 2.52. The molecule has 0 aromatic rings. The number of ether oxygens (including phenoxy) is 2. The van der Waals surface area contributed by atoms with Crippen molar-refractivity contribution in [2.24, 2.45) is 5.73 Å². The topological polar surface area (TPSA) is 78.6 Å². The molecule has 5 nitrogen and oxygen atoms in total. The lowest BCUT2D eigenvalue weighted by atomic mass is 10.2. The Morgan fingerprint density at radius 1 is 1.53 bits per heavy atom. The monoisotopic (exact) mass is 261 g/mol. The van der Waals surface area contributed by atoms with E-state index in [1.165, 1.54) is 0 Å². The van der Waals surface area contributed by atoms with E-state index in [1.54, 1.807) is 18.7 Å². The summed E-state index contributed by atoms with van der Waals surface area (Å²) in [7, 11) is 0. The maximum Gasteiger partial charge on any atom is 0.330 e. The van der Waals surface area contributed by atoms with E-state index in [9.17, 15) is 9.59 Å². The third kappa shape index (κ3) is 7.82. The van der Waals surface area contributed by atoms with Crippen molar-refractivity contribution in [2.75, 3.05) is 18.6 Å². The van der Waals surface area contributed by atoms with Crippen molar-refractivity contribution in [3.63, 3.8) is 0 Å². The normalized spacial score (nSPS) is 13.6. The maximum absolute atomic E-state index is 11.4. The standard InChI is InChI=1S/C11H19NO4S/c1-4-10(13)16-8(2)7-15-11(14)9(12)5-6-17-3/h4,8-9H,1,5-7,12H2,2-3H3/t8?,9-/m0/s1. The van der Waals surface area contributed by atoms with Crippen molar-refractivity contribution in [3.05, 3.63) is 12.7 Å². The lowest BCUT2D eigenvalue weighted by molar-refractivity contribution is -0.155. The Bertz CT molecular complexity index is 270. The fourth-order valence-electron chi connectivity index (χ4n) is 0.950. The highest BCUT2D eigenvalue weighted by Crippen LogP contribution is 2.01. The number of carbonyl (C=O) groups excluding carboxylic acids is 2. The highest BCUT2D eigenvalue weighted by Gasteiger charge is 2.16. The molecule has 0 bridgehead atoms. The van der Waals surface area contributed by atoms with Gasteiger partial charge in [0.05, 0.1) is 0 Å². The van der Waals surface area contributed by atoms with Gasteiger partial charge in [0.15, 0.2) is 0 Å². The molecule has 0 aliphatic carbocycles. The zero-order valence-corrected chi connectivity index (χ0v) is 11.0. The quantitative estimate of drug-likeness (QED) is 0.512. The summed E-state index contributed by atoms with van der Waals surface area (Å²) in [6, 6.07) is -0.621. The minimum Gasteiger partial charge on any atom is -0.461 e. The Balaban J connectivity index is 3.82. The van der Waals surface area contributed by atoms with Crippen LogP contribution in [0.3, 0.4) is 0 Å². The molecule has 2 atom stereocenters. The third-order valence-electron chi connectivity index (χ3n) is 1.88. The van der Waals surface area contributed by atoms with Gasteiger partial charge in [-0.2, -0.15) is 11.8 Å². The van der Waals surface area contributed by atoms with Crippen LogP contribution in [0.4, 0.5) is 0 Å². The molecule has 6 heteroatoms. The molecule has 0 aromatic carbocycles. The van der Waals surface area contributed by atoms with Crippen LogP contribution < -0.4 is 5.73 Å². The number of thioether (sulfide) groups is 1. The second kappa shape index (κ2) is 9.07. The first kappa shape index (κ1) is 16.0. The van der Waals surface area contributed by atoms with Crippen molar-refractivity contribution >= 4 is 23.7 Å². The molecule has 0 radical (unpaired) electrons. The minimum atomic E-state index is -0.621. The molecular formula is C11H19NO4S. The van der Waals surface area contributed by atoms with Crippen LogP contribution in [0, 0.1) is 0 Å². The Morgan fingerprint density at radius 3 is 2.71 bits per heavy atom. The summed E-state index contributed by atoms with van der Waals surface area (Å²) in [6.45, 7) is 4.90. The Kier molecular flexibility index (Phi) is 8.53. The summed E-state index contributed by atoms with van der Waals surface area (Å²) < 4.78 is 9.75. The predicted octanol–water partition coefficient (Wildman–Crippen LogP) is 0.728. The van der Waals surface area contributed by atoms with Crippen LogP contribution in [0.5, 0.6) is 0 Å². The SMILES string of the molecule is C=CC(=O)OC(C)COC(=O)[C@@H](N)CCSC. The maximum atomic E-state index is 11.4. The fourth-order valence-corrected chi connectivity index (χ4v) is 1.44. The molecule has 0 saturated carbocycles. The zero-order valence-electron chi connectivity index (χ0n) is 10.2. The predicted molar refractivity (Wildman–Crippen MR) is 67.7 cm³/mol. The van der Waals surface area contributed by atoms with E-state index in [2.05, 4.69) is 6.58 Å². The summed E-state index contributed by atoms with van der Waals surface area (Å²) in [6.07, 6.45) is 3.07. The highest BCUT2D eigenvalue weighted by atomic mass is 32.2. The number of nitrogens with two attached hydrogens (primary N) is 1. The summed E-state index contributed by atoms with van der Waals surface area (Å²) in [5, 5.41) is 0. The number of rotatable bonds is 8. The van der Waals surface area contributed by atoms with E-state index in [-0.39, 0.29) is 6.61 Å². The van der Waals surface area contributed by atoms with Gasteiger partial charge in [0.25, 0.3) is 0 Å². The molecule has 0 fully saturated rings. The van der Waals surface area contributed by atoms with Gasteiger partial charge in [0, 0.05) is 6.08 Å². The molecule has 1 unspecified atom stereocenters. The summed E-state index contributed by atoms with van der Waals surface area (Å²) in [5.41, 5.74) is 5.61. The van der Waals surface area contributed by atoms with Crippen LogP contribution in [-0.4, -0.2) is 42.7 Å². The number of hydrogen-bond acceptors (Lipinski definition) is 6. The van der Waals surface area contributed by atoms with E-state index in [1.807, 2.05) is 6.26 Å². The molecule has 0 spiro atoms. The van der Waals surface area contributed by atoms with Crippen LogP contribution in [-0.2, 0) is 19.1 Å². The van der Waals surface area contributed by atoms with E-state index in [4.69, 9.17) is 15.2 Å². The molecule has 0 aliphatic rings. The van der Waals surface area contributed by atoms with Gasteiger partial charge in [-0.3, -0.25) is 4.79 Å². The molecule has 2 N–H and O–H groups in total. The fraction of sp³-hybridized carbons (Fsp3) is 0.636. The summed E-state index contributed by atoms with van der Waals surface area (Å²) in [4.78, 5) is 22.2. The molecule has 98 valence electrons. The van der Waals surface area contributed by atoms with Crippen molar-refractivity contribution in [2.45, 2.75) is 25.5 Å². The molecular weight excluding hydrogens is 242 g/mol. The van der Waals surface area contributed by atoms with Gasteiger partial charge in [0.1, 0.15) is 18.8 Å². The number of hydrogen-bond donors (Lipinski definition) is 1. The number of carbonyl (C=O) groups is 2. The Morgan fingerprint density at radius 2 is 2.18 bits per heavy atom. The summed E-state index contributed by atoms with van der Waals surface area (Å²) in [5.74, 6) is -0.210. The van der Waals surface area contributed by atoms with Crippen LogP contribution in [0.1, 0.15) is 13.3 Å². The van der Waals surface area contributed by atoms with Crippen LogP contribution in [0.15, 0.2) is 12.7 Å². The molecule has 17 heavy (non-hydrogen) atoms. The number of esters is 2. The van der Waals surface area contributed by atoms with Gasteiger partial charge >= 0.3 is 11.9 Å². The van der Waals surface area contributed by atoms with E-state index >= 15 is 0 Å². The largest absolute Gasteiger partial charge is 0.461 e. The van der Waals surface area contributed by atoms with Gasteiger partial charge in [0.2, 0.25) is 0 Å². The van der Waals surface area contributed by atoms with Crippen molar-refractivity contribution < 1.29 is 19.1 Å². The first-order valence-corrected chi connectivity index (χ1v) is 6.64. The average Bonchev–Trinajstić information content (AvgIpc) is 2.32. The zero-order chi connectivity index (χ0) is 13.3. The molecule has 0 rings (SSSR count). The van der Waals surface area contributed by atoms with Crippen molar-refractivity contribution in [1.82, 2.24) is 0 Å². The lowest BCUT2D eigenvalue weighted by Crippen LogP contribution is -2.34. The van der Waals surface area contributed by atoms with Crippen LogP contribution >= 0.6 is 11.8 Å². The second-order valence-corrected chi connectivity index (χ2v) is 4.46. The van der Waals surface area contributed by atoms with Crippen molar-refractivity contribution in [3.8, 4) is 0 Å². The van der Waals surface area contributed by atoms with Crippen molar-refractivity contribution in [1.29, 1.82) is 0 Å². The van der Waals surface area contributed by atoms with Gasteiger partial charge in [-0.05, 0) is 25.4 Å².